The number of ether oxygens (including phenoxy) is 3. The Kier molecular flexibility index (Phi) is 10.4. The molecule has 0 unspecified atom stereocenters. The molecule has 4 rings (SSSR count). The molecule has 1 saturated heterocycles. The van der Waals surface area contributed by atoms with E-state index in [0.717, 1.165) is 63.9 Å². The van der Waals surface area contributed by atoms with Crippen molar-refractivity contribution in [3.8, 4) is 0 Å². The van der Waals surface area contributed by atoms with Crippen LogP contribution in [0.4, 0.5) is 11.4 Å². The summed E-state index contributed by atoms with van der Waals surface area (Å²) in [6.07, 6.45) is 1.12. The fourth-order valence-corrected chi connectivity index (χ4v) is 5.63. The van der Waals surface area contributed by atoms with Gasteiger partial charge in [-0.25, -0.2) is 0 Å². The summed E-state index contributed by atoms with van der Waals surface area (Å²) in [7, 11) is 1.68. The zero-order valence-corrected chi connectivity index (χ0v) is 21.7. The molecule has 0 spiro atoms. The van der Waals surface area contributed by atoms with Gasteiger partial charge in [0.15, 0.2) is 0 Å². The predicted molar refractivity (Wildman–Crippen MR) is 140 cm³/mol. The van der Waals surface area contributed by atoms with E-state index in [1.165, 1.54) is 21.2 Å². The normalized spacial score (nSPS) is 16.5. The summed E-state index contributed by atoms with van der Waals surface area (Å²) < 4.78 is 16.1. The molecule has 2 aromatic rings. The topological polar surface area (TPSA) is 37.4 Å². The molecule has 2 aliphatic heterocycles. The summed E-state index contributed by atoms with van der Waals surface area (Å²) in [5, 5.41) is 0.794. The Morgan fingerprint density at radius 3 is 2.24 bits per heavy atom. The smallest absolute Gasteiger partial charge is 0.0701 e. The van der Waals surface area contributed by atoms with Crippen LogP contribution in [0.1, 0.15) is 6.42 Å². The van der Waals surface area contributed by atoms with Crippen LogP contribution in [-0.4, -0.2) is 95.8 Å². The summed E-state index contributed by atoms with van der Waals surface area (Å²) in [4.78, 5) is 10.1. The zero-order chi connectivity index (χ0) is 23.6. The zero-order valence-electron chi connectivity index (χ0n) is 20.1. The molecule has 2 aromatic carbocycles. The van der Waals surface area contributed by atoms with Crippen LogP contribution in [-0.2, 0) is 14.2 Å². The lowest BCUT2D eigenvalue weighted by molar-refractivity contribution is 0.0158. The predicted octanol–water partition coefficient (Wildman–Crippen LogP) is 4.63. The molecule has 0 bridgehead atoms. The molecule has 1 fully saturated rings. The lowest BCUT2D eigenvalue weighted by Gasteiger charge is -2.36. The maximum Gasteiger partial charge on any atom is 0.0701 e. The Labute approximate surface area is 213 Å². The van der Waals surface area contributed by atoms with E-state index in [1.54, 1.807) is 7.11 Å². The van der Waals surface area contributed by atoms with Crippen molar-refractivity contribution in [3.63, 3.8) is 0 Å². The number of rotatable bonds is 13. The van der Waals surface area contributed by atoms with Gasteiger partial charge in [0.2, 0.25) is 0 Å². The maximum atomic E-state index is 6.35. The first-order chi connectivity index (χ1) is 16.7. The molecule has 0 saturated carbocycles. The van der Waals surface area contributed by atoms with Gasteiger partial charge in [0.05, 0.1) is 44.4 Å². The third kappa shape index (κ3) is 7.34. The third-order valence-electron chi connectivity index (χ3n) is 6.26. The van der Waals surface area contributed by atoms with Gasteiger partial charge in [-0.3, -0.25) is 4.90 Å². The van der Waals surface area contributed by atoms with Crippen molar-refractivity contribution < 1.29 is 14.2 Å². The minimum Gasteiger partial charge on any atom is -0.382 e. The Bertz CT molecular complexity index is 895. The Morgan fingerprint density at radius 2 is 1.44 bits per heavy atom. The first-order valence-corrected chi connectivity index (χ1v) is 13.4. The SMILES string of the molecule is COCCOCCOCCN1CCN(CCCN2c3ccccc3Sc3ccc(Cl)cc32)CC1. The van der Waals surface area contributed by atoms with Crippen molar-refractivity contribution >= 4 is 34.7 Å². The quantitative estimate of drug-likeness (QED) is 0.367. The van der Waals surface area contributed by atoms with Crippen LogP contribution in [0.15, 0.2) is 52.3 Å². The van der Waals surface area contributed by atoms with Gasteiger partial charge >= 0.3 is 0 Å². The largest absolute Gasteiger partial charge is 0.382 e. The van der Waals surface area contributed by atoms with Crippen molar-refractivity contribution in [3.05, 3.63) is 47.5 Å². The second-order valence-corrected chi connectivity index (χ2v) is 10.1. The molecule has 0 radical (unpaired) electrons. The lowest BCUT2D eigenvalue weighted by atomic mass is 10.2. The average Bonchev–Trinajstić information content (AvgIpc) is 2.86. The van der Waals surface area contributed by atoms with Gasteiger partial charge in [-0.15, -0.1) is 0 Å². The van der Waals surface area contributed by atoms with Crippen molar-refractivity contribution in [1.29, 1.82) is 0 Å². The highest BCUT2D eigenvalue weighted by atomic mass is 35.5. The summed E-state index contributed by atoms with van der Waals surface area (Å²) in [5.41, 5.74) is 2.52. The van der Waals surface area contributed by atoms with Crippen LogP contribution < -0.4 is 4.90 Å². The molecule has 0 aliphatic carbocycles. The number of methoxy groups -OCH3 is 1. The van der Waals surface area contributed by atoms with E-state index in [-0.39, 0.29) is 0 Å². The minimum atomic E-state index is 0.630. The molecule has 0 atom stereocenters. The summed E-state index contributed by atoms with van der Waals surface area (Å²) in [6, 6.07) is 14.9. The fraction of sp³-hybridized carbons (Fsp3) is 0.538. The van der Waals surface area contributed by atoms with Crippen LogP contribution in [0, 0.1) is 0 Å². The molecular weight excluding hydrogens is 470 g/mol. The molecule has 0 amide bonds. The summed E-state index contributed by atoms with van der Waals surface area (Å²) >= 11 is 8.18. The van der Waals surface area contributed by atoms with Gasteiger partial charge in [-0.05, 0) is 43.3 Å². The molecule has 2 aliphatic rings. The van der Waals surface area contributed by atoms with Gasteiger partial charge in [0.25, 0.3) is 0 Å². The number of halogens is 1. The highest BCUT2D eigenvalue weighted by Gasteiger charge is 2.24. The van der Waals surface area contributed by atoms with E-state index in [0.29, 0.717) is 26.4 Å². The van der Waals surface area contributed by atoms with Crippen LogP contribution in [0.5, 0.6) is 0 Å². The first kappa shape index (κ1) is 25.8. The van der Waals surface area contributed by atoms with Crippen molar-refractivity contribution in [2.75, 3.05) is 90.9 Å². The molecule has 34 heavy (non-hydrogen) atoms. The van der Waals surface area contributed by atoms with Crippen LogP contribution >= 0.6 is 23.4 Å². The van der Waals surface area contributed by atoms with E-state index in [4.69, 9.17) is 25.8 Å². The monoisotopic (exact) mass is 505 g/mol. The summed E-state index contributed by atoms with van der Waals surface area (Å²) in [6.45, 7) is 10.9. The van der Waals surface area contributed by atoms with Crippen molar-refractivity contribution in [2.24, 2.45) is 0 Å². The molecule has 2 heterocycles. The Morgan fingerprint density at radius 1 is 0.765 bits per heavy atom. The number of nitrogens with zero attached hydrogens (tertiary/aromatic N) is 3. The van der Waals surface area contributed by atoms with Gasteiger partial charge < -0.3 is 24.0 Å². The third-order valence-corrected chi connectivity index (χ3v) is 7.63. The minimum absolute atomic E-state index is 0.630. The van der Waals surface area contributed by atoms with E-state index in [9.17, 15) is 0 Å². The number of hydrogen-bond donors (Lipinski definition) is 0. The van der Waals surface area contributed by atoms with E-state index in [1.807, 2.05) is 17.8 Å². The Hall–Kier alpha value is -1.32. The molecule has 8 heteroatoms. The first-order valence-electron chi connectivity index (χ1n) is 12.2. The molecule has 186 valence electrons. The van der Waals surface area contributed by atoms with Crippen LogP contribution in [0.2, 0.25) is 5.02 Å². The van der Waals surface area contributed by atoms with Gasteiger partial charge in [0, 0.05) is 61.2 Å². The summed E-state index contributed by atoms with van der Waals surface area (Å²) in [5.74, 6) is 0. The number of benzene rings is 2. The number of anilines is 2. The maximum absolute atomic E-state index is 6.35. The fourth-order valence-electron chi connectivity index (χ4n) is 4.39. The van der Waals surface area contributed by atoms with Gasteiger partial charge in [0.1, 0.15) is 0 Å². The van der Waals surface area contributed by atoms with Gasteiger partial charge in [-0.1, -0.05) is 35.5 Å². The highest BCUT2D eigenvalue weighted by molar-refractivity contribution is 7.99. The number of piperazine rings is 1. The van der Waals surface area contributed by atoms with E-state index >= 15 is 0 Å². The number of fused-ring (bicyclic) bond motifs is 2. The standard InChI is InChI=1S/C26H36ClN3O3S/c1-31-17-18-33-20-19-32-16-15-29-13-11-28(12-14-29)9-4-10-30-23-5-2-3-6-25(23)34-26-8-7-22(27)21-24(26)30/h2-3,5-8,21H,4,9-20H2,1H3. The number of hydrogen-bond acceptors (Lipinski definition) is 7. The van der Waals surface area contributed by atoms with Gasteiger partial charge in [-0.2, -0.15) is 0 Å². The Balaban J connectivity index is 1.16. The van der Waals surface area contributed by atoms with E-state index < -0.39 is 0 Å². The van der Waals surface area contributed by atoms with Crippen LogP contribution in [0.3, 0.4) is 0 Å². The lowest BCUT2D eigenvalue weighted by Crippen LogP contribution is -2.47. The average molecular weight is 506 g/mol. The molecule has 0 N–H and O–H groups in total. The second-order valence-electron chi connectivity index (χ2n) is 8.59. The number of para-hydroxylation sites is 1. The molecule has 0 aromatic heterocycles. The van der Waals surface area contributed by atoms with Crippen molar-refractivity contribution in [1.82, 2.24) is 9.80 Å². The van der Waals surface area contributed by atoms with Crippen LogP contribution in [0.25, 0.3) is 0 Å². The molecular formula is C26H36ClN3O3S. The van der Waals surface area contributed by atoms with E-state index in [2.05, 4.69) is 51.1 Å². The highest BCUT2D eigenvalue weighted by Crippen LogP contribution is 2.48. The van der Waals surface area contributed by atoms with Crippen molar-refractivity contribution in [2.45, 2.75) is 16.2 Å². The second kappa shape index (κ2) is 13.7. The molecule has 6 nitrogen and oxygen atoms in total.